The van der Waals surface area contributed by atoms with E-state index in [1.165, 1.54) is 0 Å². The van der Waals surface area contributed by atoms with E-state index < -0.39 is 17.7 Å². The van der Waals surface area contributed by atoms with E-state index in [9.17, 15) is 13.9 Å². The van der Waals surface area contributed by atoms with Crippen LogP contribution >= 0.6 is 0 Å². The molecule has 1 aliphatic rings. The van der Waals surface area contributed by atoms with Gasteiger partial charge in [0.15, 0.2) is 0 Å². The van der Waals surface area contributed by atoms with E-state index in [0.29, 0.717) is 6.42 Å². The average Bonchev–Trinajstić information content (AvgIpc) is 2.48. The molecule has 0 aromatic heterocycles. The molecule has 2 nitrogen and oxygen atoms in total. The Morgan fingerprint density at radius 1 is 1.15 bits per heavy atom. The monoisotopic (exact) mass is 276 g/mol. The van der Waals surface area contributed by atoms with Gasteiger partial charge in [0.25, 0.3) is 0 Å². The molecule has 0 fully saturated rings. The van der Waals surface area contributed by atoms with Gasteiger partial charge in [0.2, 0.25) is 0 Å². The zero-order valence-corrected chi connectivity index (χ0v) is 10.7. The van der Waals surface area contributed by atoms with Crippen LogP contribution in [-0.4, -0.2) is 11.7 Å². The number of benzene rings is 2. The number of aliphatic hydroxyl groups excluding tert-OH is 1. The summed E-state index contributed by atoms with van der Waals surface area (Å²) in [6.07, 6.45) is -0.508. The fourth-order valence-electron chi connectivity index (χ4n) is 2.55. The van der Waals surface area contributed by atoms with E-state index in [2.05, 4.69) is 0 Å². The summed E-state index contributed by atoms with van der Waals surface area (Å²) in [5, 5.41) is 10.3. The Morgan fingerprint density at radius 2 is 1.95 bits per heavy atom. The van der Waals surface area contributed by atoms with Crippen molar-refractivity contribution >= 4 is 0 Å². The number of rotatable bonds is 2. The highest BCUT2D eigenvalue weighted by Gasteiger charge is 2.29. The molecule has 1 N–H and O–H groups in total. The lowest BCUT2D eigenvalue weighted by molar-refractivity contribution is 0.0616. The Morgan fingerprint density at radius 3 is 2.80 bits per heavy atom. The topological polar surface area (TPSA) is 29.5 Å². The van der Waals surface area contributed by atoms with E-state index in [1.807, 2.05) is 24.3 Å². The van der Waals surface area contributed by atoms with Gasteiger partial charge in [-0.25, -0.2) is 8.78 Å². The number of aliphatic hydroxyl groups is 1. The first kappa shape index (κ1) is 13.1. The lowest BCUT2D eigenvalue weighted by atomic mass is 9.88. The summed E-state index contributed by atoms with van der Waals surface area (Å²) in [6.45, 7) is 0.286. The predicted octanol–water partition coefficient (Wildman–Crippen LogP) is 3.25. The Labute approximate surface area is 115 Å². The zero-order valence-electron chi connectivity index (χ0n) is 10.7. The summed E-state index contributed by atoms with van der Waals surface area (Å²) in [5.41, 5.74) is 0.956. The predicted molar refractivity (Wildman–Crippen MR) is 70.4 cm³/mol. The molecule has 0 aliphatic carbocycles. The third kappa shape index (κ3) is 2.39. The van der Waals surface area contributed by atoms with Crippen LogP contribution in [0.3, 0.4) is 0 Å². The van der Waals surface area contributed by atoms with Crippen LogP contribution in [-0.2, 0) is 6.42 Å². The fourth-order valence-corrected chi connectivity index (χ4v) is 2.55. The van der Waals surface area contributed by atoms with Crippen molar-refractivity contribution < 1.29 is 18.6 Å². The number of hydrogen-bond donors (Lipinski definition) is 1. The summed E-state index contributed by atoms with van der Waals surface area (Å²) >= 11 is 0. The molecule has 2 unspecified atom stereocenters. The normalized spacial score (nSPS) is 19.1. The van der Waals surface area contributed by atoms with Crippen LogP contribution in [0.25, 0.3) is 0 Å². The van der Waals surface area contributed by atoms with Crippen LogP contribution in [0.5, 0.6) is 5.75 Å². The largest absolute Gasteiger partial charge is 0.493 e. The Kier molecular flexibility index (Phi) is 3.40. The van der Waals surface area contributed by atoms with Crippen molar-refractivity contribution in [2.45, 2.75) is 12.5 Å². The molecule has 0 saturated heterocycles. The first-order valence-corrected chi connectivity index (χ1v) is 6.49. The highest BCUT2D eigenvalue weighted by atomic mass is 19.1. The highest BCUT2D eigenvalue weighted by Crippen LogP contribution is 2.34. The molecular formula is C16H14F2O2. The summed E-state index contributed by atoms with van der Waals surface area (Å²) in [6, 6.07) is 10.7. The second kappa shape index (κ2) is 5.21. The van der Waals surface area contributed by atoms with Gasteiger partial charge in [0, 0.05) is 11.5 Å². The molecule has 0 radical (unpaired) electrons. The van der Waals surface area contributed by atoms with Gasteiger partial charge in [-0.3, -0.25) is 0 Å². The van der Waals surface area contributed by atoms with E-state index in [0.717, 1.165) is 29.5 Å². The second-order valence-electron chi connectivity index (χ2n) is 4.99. The molecule has 2 aromatic rings. The Hall–Kier alpha value is -1.94. The lowest BCUT2D eigenvalue weighted by Gasteiger charge is -2.29. The van der Waals surface area contributed by atoms with Gasteiger partial charge in [0.05, 0.1) is 12.7 Å². The van der Waals surface area contributed by atoms with E-state index in [4.69, 9.17) is 4.74 Å². The maximum atomic E-state index is 13.7. The van der Waals surface area contributed by atoms with Crippen molar-refractivity contribution in [3.8, 4) is 5.75 Å². The van der Waals surface area contributed by atoms with Gasteiger partial charge in [0.1, 0.15) is 17.4 Å². The Balaban J connectivity index is 1.85. The minimum atomic E-state index is -1.08. The van der Waals surface area contributed by atoms with E-state index in [1.54, 1.807) is 0 Å². The molecule has 0 saturated carbocycles. The molecule has 1 heterocycles. The van der Waals surface area contributed by atoms with Crippen molar-refractivity contribution in [1.29, 1.82) is 0 Å². The maximum absolute atomic E-state index is 13.7. The Bertz CT molecular complexity index is 628. The van der Waals surface area contributed by atoms with Crippen LogP contribution in [0.1, 0.15) is 17.2 Å². The standard InChI is InChI=1S/C16H14F2O2/c17-12-5-6-14(18)13(8-12)16(19)11-7-10-3-1-2-4-15(10)20-9-11/h1-6,8,11,16,19H,7,9H2. The molecule has 4 heteroatoms. The molecule has 104 valence electrons. The smallest absolute Gasteiger partial charge is 0.129 e. The first-order chi connectivity index (χ1) is 9.65. The van der Waals surface area contributed by atoms with Gasteiger partial charge in [-0.05, 0) is 36.2 Å². The van der Waals surface area contributed by atoms with Crippen molar-refractivity contribution in [1.82, 2.24) is 0 Å². The minimum absolute atomic E-state index is 0.0158. The van der Waals surface area contributed by atoms with Crippen molar-refractivity contribution in [3.63, 3.8) is 0 Å². The second-order valence-corrected chi connectivity index (χ2v) is 4.99. The van der Waals surface area contributed by atoms with Crippen molar-refractivity contribution in [2.75, 3.05) is 6.61 Å². The fraction of sp³-hybridized carbons (Fsp3) is 0.250. The SMILES string of the molecule is OC(c1cc(F)ccc1F)C1COc2ccccc2C1. The average molecular weight is 276 g/mol. The van der Waals surface area contributed by atoms with Gasteiger partial charge in [-0.2, -0.15) is 0 Å². The molecule has 3 rings (SSSR count). The van der Waals surface area contributed by atoms with Crippen LogP contribution in [0, 0.1) is 17.6 Å². The van der Waals surface area contributed by atoms with Crippen molar-refractivity contribution in [3.05, 3.63) is 65.2 Å². The molecule has 0 bridgehead atoms. The first-order valence-electron chi connectivity index (χ1n) is 6.49. The zero-order chi connectivity index (χ0) is 14.1. The maximum Gasteiger partial charge on any atom is 0.129 e. The van der Waals surface area contributed by atoms with Crippen molar-refractivity contribution in [2.24, 2.45) is 5.92 Å². The lowest BCUT2D eigenvalue weighted by Crippen LogP contribution is -2.27. The van der Waals surface area contributed by atoms with E-state index >= 15 is 0 Å². The summed E-state index contributed by atoms with van der Waals surface area (Å²) in [5.74, 6) is -0.660. The minimum Gasteiger partial charge on any atom is -0.493 e. The quantitative estimate of drug-likeness (QED) is 0.912. The third-order valence-corrected chi connectivity index (χ3v) is 3.63. The summed E-state index contributed by atoms with van der Waals surface area (Å²) in [4.78, 5) is 0. The van der Waals surface area contributed by atoms with Gasteiger partial charge < -0.3 is 9.84 Å². The van der Waals surface area contributed by atoms with Gasteiger partial charge in [-0.1, -0.05) is 18.2 Å². The number of hydrogen-bond acceptors (Lipinski definition) is 2. The number of para-hydroxylation sites is 1. The third-order valence-electron chi connectivity index (χ3n) is 3.63. The van der Waals surface area contributed by atoms with Crippen LogP contribution in [0.2, 0.25) is 0 Å². The van der Waals surface area contributed by atoms with Gasteiger partial charge in [-0.15, -0.1) is 0 Å². The molecule has 2 aromatic carbocycles. The molecule has 2 atom stereocenters. The van der Waals surface area contributed by atoms with E-state index in [-0.39, 0.29) is 18.1 Å². The summed E-state index contributed by atoms with van der Waals surface area (Å²) < 4.78 is 32.5. The molecule has 0 spiro atoms. The molecule has 20 heavy (non-hydrogen) atoms. The number of ether oxygens (including phenoxy) is 1. The number of fused-ring (bicyclic) bond motifs is 1. The number of halogens is 2. The van der Waals surface area contributed by atoms with Crippen LogP contribution < -0.4 is 4.74 Å². The molecular weight excluding hydrogens is 262 g/mol. The highest BCUT2D eigenvalue weighted by molar-refractivity contribution is 5.35. The van der Waals surface area contributed by atoms with Crippen LogP contribution in [0.15, 0.2) is 42.5 Å². The van der Waals surface area contributed by atoms with Gasteiger partial charge >= 0.3 is 0 Å². The molecule has 1 aliphatic heterocycles. The van der Waals surface area contributed by atoms with Crippen LogP contribution in [0.4, 0.5) is 8.78 Å². The molecule has 0 amide bonds. The summed E-state index contributed by atoms with van der Waals surface area (Å²) in [7, 11) is 0.